The average Bonchev–Trinajstić information content (AvgIpc) is 3.31. The SMILES string of the molecule is CC(C)(F)c1cncc(-c2ccc3c(n2)N(C(=O)Nc2cc(-c4cnco4)ccn2)CCCN3)c1. The van der Waals surface area contributed by atoms with E-state index in [1.54, 1.807) is 41.7 Å². The Labute approximate surface area is 201 Å². The number of rotatable bonds is 4. The summed E-state index contributed by atoms with van der Waals surface area (Å²) >= 11 is 0. The number of pyridine rings is 3. The van der Waals surface area contributed by atoms with Crippen LogP contribution in [-0.4, -0.2) is 39.1 Å². The van der Waals surface area contributed by atoms with Gasteiger partial charge in [-0.1, -0.05) is 0 Å². The maximum atomic E-state index is 14.5. The minimum Gasteiger partial charge on any atom is -0.444 e. The summed E-state index contributed by atoms with van der Waals surface area (Å²) in [6.07, 6.45) is 8.41. The van der Waals surface area contributed by atoms with E-state index in [1.807, 2.05) is 12.1 Å². The molecule has 0 saturated heterocycles. The van der Waals surface area contributed by atoms with Crippen LogP contribution < -0.4 is 15.5 Å². The molecule has 4 aromatic rings. The van der Waals surface area contributed by atoms with Gasteiger partial charge in [0.2, 0.25) is 0 Å². The zero-order valence-corrected chi connectivity index (χ0v) is 19.3. The maximum absolute atomic E-state index is 14.5. The summed E-state index contributed by atoms with van der Waals surface area (Å²) in [4.78, 5) is 32.0. The van der Waals surface area contributed by atoms with E-state index in [1.165, 1.54) is 26.4 Å². The van der Waals surface area contributed by atoms with Gasteiger partial charge in [-0.25, -0.2) is 24.1 Å². The van der Waals surface area contributed by atoms with E-state index in [-0.39, 0.29) is 6.03 Å². The third kappa shape index (κ3) is 4.81. The number of carbonyl (C=O) groups is 1. The van der Waals surface area contributed by atoms with Crippen LogP contribution in [0, 0.1) is 0 Å². The number of urea groups is 1. The number of aromatic nitrogens is 4. The summed E-state index contributed by atoms with van der Waals surface area (Å²) in [5.41, 5.74) is 1.66. The Kier molecular flexibility index (Phi) is 5.86. The number of anilines is 3. The van der Waals surface area contributed by atoms with Crippen molar-refractivity contribution in [3.05, 3.63) is 67.1 Å². The molecule has 0 atom stereocenters. The number of oxazole rings is 1. The van der Waals surface area contributed by atoms with Gasteiger partial charge in [-0.2, -0.15) is 0 Å². The molecule has 0 bridgehead atoms. The molecule has 178 valence electrons. The van der Waals surface area contributed by atoms with Gasteiger partial charge in [-0.05, 0) is 50.6 Å². The van der Waals surface area contributed by atoms with Crippen LogP contribution in [-0.2, 0) is 5.67 Å². The van der Waals surface area contributed by atoms with Gasteiger partial charge in [0.15, 0.2) is 18.0 Å². The highest BCUT2D eigenvalue weighted by Crippen LogP contribution is 2.32. The molecule has 10 heteroatoms. The van der Waals surface area contributed by atoms with Crippen LogP contribution in [0.4, 0.5) is 26.5 Å². The van der Waals surface area contributed by atoms with Crippen molar-refractivity contribution < 1.29 is 13.6 Å². The fourth-order valence-corrected chi connectivity index (χ4v) is 3.81. The van der Waals surface area contributed by atoms with Crippen LogP contribution in [0.2, 0.25) is 0 Å². The molecule has 4 aromatic heterocycles. The highest BCUT2D eigenvalue weighted by molar-refractivity contribution is 6.03. The van der Waals surface area contributed by atoms with Crippen LogP contribution in [0.3, 0.4) is 0 Å². The number of hydrogen-bond donors (Lipinski definition) is 2. The molecule has 5 rings (SSSR count). The van der Waals surface area contributed by atoms with E-state index in [4.69, 9.17) is 9.40 Å². The van der Waals surface area contributed by atoms with E-state index < -0.39 is 5.67 Å². The first-order valence-corrected chi connectivity index (χ1v) is 11.2. The zero-order valence-electron chi connectivity index (χ0n) is 19.3. The number of halogens is 1. The van der Waals surface area contributed by atoms with Crippen molar-refractivity contribution >= 4 is 23.4 Å². The Balaban J connectivity index is 1.45. The number of carbonyl (C=O) groups excluding carboxylic acids is 1. The summed E-state index contributed by atoms with van der Waals surface area (Å²) in [5, 5.41) is 6.18. The molecule has 1 aliphatic heterocycles. The Morgan fingerprint density at radius 3 is 2.83 bits per heavy atom. The topological polar surface area (TPSA) is 109 Å². The highest BCUT2D eigenvalue weighted by atomic mass is 19.1. The van der Waals surface area contributed by atoms with Crippen LogP contribution >= 0.6 is 0 Å². The second kappa shape index (κ2) is 9.13. The lowest BCUT2D eigenvalue weighted by Crippen LogP contribution is -2.36. The molecule has 35 heavy (non-hydrogen) atoms. The fourth-order valence-electron chi connectivity index (χ4n) is 3.81. The molecule has 0 aliphatic carbocycles. The van der Waals surface area contributed by atoms with Gasteiger partial charge in [-0.15, -0.1) is 0 Å². The fraction of sp³-hybridized carbons (Fsp3) is 0.240. The number of amides is 2. The number of nitrogens with zero attached hydrogens (tertiary/aromatic N) is 5. The molecular formula is C25H24FN7O2. The molecule has 9 nitrogen and oxygen atoms in total. The van der Waals surface area contributed by atoms with Crippen LogP contribution in [0.5, 0.6) is 0 Å². The predicted molar refractivity (Wildman–Crippen MR) is 131 cm³/mol. The molecule has 0 unspecified atom stereocenters. The number of fused-ring (bicyclic) bond motifs is 1. The second-order valence-corrected chi connectivity index (χ2v) is 8.66. The van der Waals surface area contributed by atoms with Gasteiger partial charge < -0.3 is 9.73 Å². The van der Waals surface area contributed by atoms with Crippen molar-refractivity contribution in [3.63, 3.8) is 0 Å². The lowest BCUT2D eigenvalue weighted by atomic mass is 10.00. The average molecular weight is 474 g/mol. The van der Waals surface area contributed by atoms with Gasteiger partial charge >= 0.3 is 6.03 Å². The monoisotopic (exact) mass is 473 g/mol. The van der Waals surface area contributed by atoms with E-state index in [0.29, 0.717) is 47.3 Å². The Bertz CT molecular complexity index is 1350. The molecule has 0 spiro atoms. The second-order valence-electron chi connectivity index (χ2n) is 8.66. The van der Waals surface area contributed by atoms with Gasteiger partial charge in [0, 0.05) is 48.4 Å². The Morgan fingerprint density at radius 2 is 2.03 bits per heavy atom. The molecule has 2 N–H and O–H groups in total. The van der Waals surface area contributed by atoms with Crippen molar-refractivity contribution in [2.24, 2.45) is 0 Å². The van der Waals surface area contributed by atoms with E-state index in [9.17, 15) is 9.18 Å². The quantitative estimate of drug-likeness (QED) is 0.416. The first-order valence-electron chi connectivity index (χ1n) is 11.2. The van der Waals surface area contributed by atoms with Crippen molar-refractivity contribution in [1.29, 1.82) is 0 Å². The lowest BCUT2D eigenvalue weighted by Gasteiger charge is -2.22. The number of hydrogen-bond acceptors (Lipinski definition) is 7. The highest BCUT2D eigenvalue weighted by Gasteiger charge is 2.25. The summed E-state index contributed by atoms with van der Waals surface area (Å²) in [5.74, 6) is 1.43. The molecule has 0 radical (unpaired) electrons. The zero-order chi connectivity index (χ0) is 24.4. The third-order valence-electron chi connectivity index (χ3n) is 5.68. The van der Waals surface area contributed by atoms with E-state index in [2.05, 4.69) is 25.6 Å². The number of alkyl halides is 1. The van der Waals surface area contributed by atoms with Gasteiger partial charge in [0.25, 0.3) is 0 Å². The normalized spacial score (nSPS) is 13.5. The molecule has 0 saturated carbocycles. The van der Waals surface area contributed by atoms with E-state index >= 15 is 0 Å². The minimum absolute atomic E-state index is 0.362. The first-order chi connectivity index (χ1) is 16.9. The standard InChI is InChI=1S/C25H24FN7O2/c1-25(2,26)18-10-17(12-27-13-18)19-4-5-20-23(31-19)33(9-3-7-29-20)24(34)32-22-11-16(6-8-30-22)21-14-28-15-35-21/h4-6,8,10-15,29H,3,7,9H2,1-2H3,(H,30,32,34). The summed E-state index contributed by atoms with van der Waals surface area (Å²) in [6, 6.07) is 8.57. The van der Waals surface area contributed by atoms with E-state index in [0.717, 1.165) is 17.7 Å². The Morgan fingerprint density at radius 1 is 1.14 bits per heavy atom. The maximum Gasteiger partial charge on any atom is 0.328 e. The van der Waals surface area contributed by atoms with Crippen LogP contribution in [0.15, 0.2) is 65.9 Å². The summed E-state index contributed by atoms with van der Waals surface area (Å²) in [7, 11) is 0. The number of nitrogens with one attached hydrogen (secondary N) is 2. The smallest absolute Gasteiger partial charge is 0.328 e. The van der Waals surface area contributed by atoms with Crippen LogP contribution in [0.1, 0.15) is 25.8 Å². The first kappa shape index (κ1) is 22.5. The summed E-state index contributed by atoms with van der Waals surface area (Å²) < 4.78 is 19.8. The molecule has 0 fully saturated rings. The molecule has 1 aliphatic rings. The van der Waals surface area contributed by atoms with Crippen molar-refractivity contribution in [2.45, 2.75) is 25.9 Å². The predicted octanol–water partition coefficient (Wildman–Crippen LogP) is 5.25. The molecular weight excluding hydrogens is 449 g/mol. The van der Waals surface area contributed by atoms with Crippen molar-refractivity contribution in [3.8, 4) is 22.6 Å². The lowest BCUT2D eigenvalue weighted by molar-refractivity contribution is 0.221. The van der Waals surface area contributed by atoms with Gasteiger partial charge in [0.05, 0.1) is 17.6 Å². The largest absolute Gasteiger partial charge is 0.444 e. The van der Waals surface area contributed by atoms with Crippen LogP contribution in [0.25, 0.3) is 22.6 Å². The summed E-state index contributed by atoms with van der Waals surface area (Å²) in [6.45, 7) is 4.13. The molecule has 2 amide bonds. The molecule has 5 heterocycles. The minimum atomic E-state index is -1.53. The Hall–Kier alpha value is -4.34. The molecule has 0 aromatic carbocycles. The third-order valence-corrected chi connectivity index (χ3v) is 5.68. The van der Waals surface area contributed by atoms with Crippen molar-refractivity contribution in [1.82, 2.24) is 19.9 Å². The van der Waals surface area contributed by atoms with Gasteiger partial charge in [0.1, 0.15) is 11.5 Å². The van der Waals surface area contributed by atoms with Crippen molar-refractivity contribution in [2.75, 3.05) is 28.6 Å². The van der Waals surface area contributed by atoms with Gasteiger partial charge in [-0.3, -0.25) is 15.2 Å².